The van der Waals surface area contributed by atoms with Gasteiger partial charge >= 0.3 is 0 Å². The summed E-state index contributed by atoms with van der Waals surface area (Å²) in [6.07, 6.45) is 0. The van der Waals surface area contributed by atoms with Gasteiger partial charge in [-0.3, -0.25) is 9.59 Å². The molecule has 0 aliphatic carbocycles. The van der Waals surface area contributed by atoms with Gasteiger partial charge in [-0.2, -0.15) is 4.31 Å². The van der Waals surface area contributed by atoms with Crippen molar-refractivity contribution in [2.24, 2.45) is 0 Å². The van der Waals surface area contributed by atoms with Gasteiger partial charge in [0.25, 0.3) is 11.7 Å². The molecule has 0 bridgehead atoms. The SMILES string of the molecule is CCN(CC)CCN1C(=O)C(=O)/C(=C(\O)c2ccc(S(=O)(=O)N3CCOCC3)cc2)C1c1ccc(Br)cc1. The summed E-state index contributed by atoms with van der Waals surface area (Å²) in [4.78, 5) is 30.2. The van der Waals surface area contributed by atoms with Crippen molar-refractivity contribution in [1.82, 2.24) is 14.1 Å². The molecule has 2 heterocycles. The number of ether oxygens (including phenoxy) is 1. The number of carbonyl (C=O) groups is 2. The number of Topliss-reactive ketones (excluding diaryl/α,β-unsaturated/α-hetero) is 1. The predicted molar refractivity (Wildman–Crippen MR) is 147 cm³/mol. The molecule has 11 heteroatoms. The van der Waals surface area contributed by atoms with Gasteiger partial charge in [-0.15, -0.1) is 0 Å². The fraction of sp³-hybridized carbons (Fsp3) is 0.407. The van der Waals surface area contributed by atoms with Gasteiger partial charge in [-0.05, 0) is 55.1 Å². The minimum atomic E-state index is -3.71. The van der Waals surface area contributed by atoms with Gasteiger partial charge in [0.15, 0.2) is 0 Å². The second-order valence-electron chi connectivity index (χ2n) is 9.11. The van der Waals surface area contributed by atoms with Crippen LogP contribution in [0, 0.1) is 0 Å². The maximum Gasteiger partial charge on any atom is 0.295 e. The first-order valence-corrected chi connectivity index (χ1v) is 14.9. The maximum absolute atomic E-state index is 13.3. The number of likely N-dealkylation sites (tertiary alicyclic amines) is 1. The summed E-state index contributed by atoms with van der Waals surface area (Å²) in [5.41, 5.74) is 0.940. The van der Waals surface area contributed by atoms with E-state index in [-0.39, 0.29) is 34.9 Å². The fourth-order valence-electron chi connectivity index (χ4n) is 4.77. The molecule has 1 N–H and O–H groups in total. The lowest BCUT2D eigenvalue weighted by Crippen LogP contribution is -2.40. The van der Waals surface area contributed by atoms with Crippen molar-refractivity contribution in [2.75, 3.05) is 52.5 Å². The number of hydrogen-bond acceptors (Lipinski definition) is 7. The molecule has 1 amide bonds. The third kappa shape index (κ3) is 5.72. The van der Waals surface area contributed by atoms with Crippen LogP contribution in [0.2, 0.25) is 0 Å². The quantitative estimate of drug-likeness (QED) is 0.266. The van der Waals surface area contributed by atoms with Gasteiger partial charge in [0.1, 0.15) is 5.76 Å². The van der Waals surface area contributed by atoms with Crippen LogP contribution in [0.4, 0.5) is 0 Å². The summed E-state index contributed by atoms with van der Waals surface area (Å²) in [7, 11) is -3.71. The largest absolute Gasteiger partial charge is 0.507 e. The molecule has 2 aromatic rings. The summed E-state index contributed by atoms with van der Waals surface area (Å²) in [5.74, 6) is -1.77. The molecular weight excluding hydrogens is 574 g/mol. The maximum atomic E-state index is 13.3. The number of ketones is 1. The van der Waals surface area contributed by atoms with Gasteiger partial charge in [0.05, 0.1) is 29.7 Å². The molecule has 2 fully saturated rings. The zero-order valence-corrected chi connectivity index (χ0v) is 23.9. The van der Waals surface area contributed by atoms with Gasteiger partial charge in [0, 0.05) is 36.2 Å². The molecule has 0 radical (unpaired) electrons. The third-order valence-corrected chi connectivity index (χ3v) is 9.45. The normalized spacial score (nSPS) is 20.4. The number of aliphatic hydroxyl groups excluding tert-OH is 1. The molecule has 0 spiro atoms. The number of nitrogens with zero attached hydrogens (tertiary/aromatic N) is 3. The highest BCUT2D eigenvalue weighted by Crippen LogP contribution is 2.39. The van der Waals surface area contributed by atoms with Crippen molar-refractivity contribution in [3.63, 3.8) is 0 Å². The van der Waals surface area contributed by atoms with Gasteiger partial charge < -0.3 is 19.6 Å². The zero-order valence-electron chi connectivity index (χ0n) is 21.5. The van der Waals surface area contributed by atoms with Crippen LogP contribution >= 0.6 is 15.9 Å². The predicted octanol–water partition coefficient (Wildman–Crippen LogP) is 3.23. The topological polar surface area (TPSA) is 107 Å². The summed E-state index contributed by atoms with van der Waals surface area (Å²) in [6, 6.07) is 12.3. The zero-order chi connectivity index (χ0) is 27.4. The molecule has 0 aromatic heterocycles. The van der Waals surface area contributed by atoms with E-state index in [1.165, 1.54) is 33.5 Å². The van der Waals surface area contributed by atoms with Gasteiger partial charge in [0.2, 0.25) is 10.0 Å². The molecule has 2 aromatic carbocycles. The Morgan fingerprint density at radius 2 is 1.63 bits per heavy atom. The van der Waals surface area contributed by atoms with Crippen molar-refractivity contribution >= 4 is 43.4 Å². The summed E-state index contributed by atoms with van der Waals surface area (Å²) in [6.45, 7) is 7.81. The van der Waals surface area contributed by atoms with E-state index in [4.69, 9.17) is 4.74 Å². The van der Waals surface area contributed by atoms with E-state index in [0.717, 1.165) is 17.6 Å². The summed E-state index contributed by atoms with van der Waals surface area (Å²) >= 11 is 3.42. The van der Waals surface area contributed by atoms with Crippen molar-refractivity contribution in [2.45, 2.75) is 24.8 Å². The lowest BCUT2D eigenvalue weighted by Gasteiger charge is -2.28. The van der Waals surface area contributed by atoms with E-state index in [1.54, 1.807) is 0 Å². The molecule has 204 valence electrons. The Balaban J connectivity index is 1.71. The van der Waals surface area contributed by atoms with Crippen LogP contribution in [0.3, 0.4) is 0 Å². The molecule has 38 heavy (non-hydrogen) atoms. The number of morpholine rings is 1. The van der Waals surface area contributed by atoms with E-state index in [0.29, 0.717) is 31.9 Å². The Kier molecular flexibility index (Phi) is 9.04. The van der Waals surface area contributed by atoms with Crippen molar-refractivity contribution in [1.29, 1.82) is 0 Å². The Labute approximate surface area is 231 Å². The molecule has 1 atom stereocenters. The first kappa shape index (κ1) is 28.4. The third-order valence-electron chi connectivity index (χ3n) is 7.01. The lowest BCUT2D eigenvalue weighted by atomic mass is 9.95. The number of hydrogen-bond donors (Lipinski definition) is 1. The van der Waals surface area contributed by atoms with Crippen LogP contribution in [0.25, 0.3) is 5.76 Å². The molecule has 9 nitrogen and oxygen atoms in total. The highest BCUT2D eigenvalue weighted by atomic mass is 79.9. The van der Waals surface area contributed by atoms with Crippen molar-refractivity contribution in [3.05, 3.63) is 69.7 Å². The Hall–Kier alpha value is -2.57. The molecule has 2 aliphatic heterocycles. The number of aliphatic hydroxyl groups is 1. The lowest BCUT2D eigenvalue weighted by molar-refractivity contribution is -0.140. The first-order chi connectivity index (χ1) is 18.2. The van der Waals surface area contributed by atoms with E-state index in [1.807, 2.05) is 38.1 Å². The summed E-state index contributed by atoms with van der Waals surface area (Å²) < 4.78 is 33.4. The van der Waals surface area contributed by atoms with Crippen LogP contribution in [-0.4, -0.2) is 91.8 Å². The van der Waals surface area contributed by atoms with E-state index >= 15 is 0 Å². The van der Waals surface area contributed by atoms with E-state index in [9.17, 15) is 23.1 Å². The molecule has 0 saturated carbocycles. The number of sulfonamides is 1. The van der Waals surface area contributed by atoms with Crippen molar-refractivity contribution < 1.29 is 27.9 Å². The van der Waals surface area contributed by atoms with Gasteiger partial charge in [-0.25, -0.2) is 8.42 Å². The number of halogens is 1. The summed E-state index contributed by atoms with van der Waals surface area (Å²) in [5, 5.41) is 11.3. The molecular formula is C27H32BrN3O6S. The Morgan fingerprint density at radius 1 is 1.03 bits per heavy atom. The first-order valence-electron chi connectivity index (χ1n) is 12.6. The molecule has 2 aliphatic rings. The Morgan fingerprint density at radius 3 is 2.21 bits per heavy atom. The number of benzene rings is 2. The van der Waals surface area contributed by atoms with Crippen LogP contribution in [0.5, 0.6) is 0 Å². The highest BCUT2D eigenvalue weighted by molar-refractivity contribution is 9.10. The highest BCUT2D eigenvalue weighted by Gasteiger charge is 2.46. The minimum Gasteiger partial charge on any atom is -0.507 e. The molecule has 2 saturated heterocycles. The van der Waals surface area contributed by atoms with Crippen LogP contribution < -0.4 is 0 Å². The Bertz CT molecular complexity index is 1300. The molecule has 1 unspecified atom stereocenters. The van der Waals surface area contributed by atoms with Crippen molar-refractivity contribution in [3.8, 4) is 0 Å². The van der Waals surface area contributed by atoms with Crippen LogP contribution in [0.1, 0.15) is 31.0 Å². The van der Waals surface area contributed by atoms with Crippen LogP contribution in [-0.2, 0) is 24.3 Å². The minimum absolute atomic E-state index is 0.0133. The van der Waals surface area contributed by atoms with E-state index in [2.05, 4.69) is 20.8 Å². The molecule has 4 rings (SSSR count). The standard InChI is InChI=1S/C27H32BrN3O6S/c1-3-29(4-2)13-14-31-24(19-5-9-21(28)10-6-19)23(26(33)27(31)34)25(32)20-7-11-22(12-8-20)38(35,36)30-15-17-37-18-16-30/h5-12,24,32H,3-4,13-18H2,1-2H3/b25-23-. The second-order valence-corrected chi connectivity index (χ2v) is 12.0. The number of carbonyl (C=O) groups excluding carboxylic acids is 2. The fourth-order valence-corrected chi connectivity index (χ4v) is 6.44. The monoisotopic (exact) mass is 605 g/mol. The number of rotatable bonds is 9. The average molecular weight is 607 g/mol. The van der Waals surface area contributed by atoms with Gasteiger partial charge in [-0.1, -0.05) is 41.9 Å². The number of likely N-dealkylation sites (N-methyl/N-ethyl adjacent to an activating group) is 1. The van der Waals surface area contributed by atoms with E-state index < -0.39 is 27.8 Å². The number of amides is 1. The second kappa shape index (κ2) is 12.1. The average Bonchev–Trinajstić information content (AvgIpc) is 3.19. The smallest absolute Gasteiger partial charge is 0.295 e. The van der Waals surface area contributed by atoms with Crippen LogP contribution in [0.15, 0.2) is 63.5 Å².